The third kappa shape index (κ3) is 2.46. The molecule has 0 amide bonds. The summed E-state index contributed by atoms with van der Waals surface area (Å²) in [5.74, 6) is -0.0789. The summed E-state index contributed by atoms with van der Waals surface area (Å²) in [4.78, 5) is 4.33. The van der Waals surface area contributed by atoms with E-state index in [2.05, 4.69) is 21.7 Å². The Morgan fingerprint density at radius 3 is 2.78 bits per heavy atom. The van der Waals surface area contributed by atoms with Gasteiger partial charge in [0.1, 0.15) is 0 Å². The molecule has 0 unspecified atom stereocenters. The fraction of sp³-hybridized carbons (Fsp3) is 0.250. The van der Waals surface area contributed by atoms with Gasteiger partial charge in [-0.05, 0) is 41.7 Å². The second kappa shape index (κ2) is 5.76. The van der Waals surface area contributed by atoms with Crippen molar-refractivity contribution in [3.8, 4) is 11.3 Å². The number of aliphatic hydroxyl groups excluding tert-OH is 1. The number of nitrogens with zero attached hydrogens (tertiary/aromatic N) is 2. The van der Waals surface area contributed by atoms with Gasteiger partial charge in [-0.2, -0.15) is 0 Å². The Hall–Kier alpha value is -2.48. The number of hydrogen-bond donors (Lipinski definition) is 2. The zero-order valence-corrected chi connectivity index (χ0v) is 15.3. The van der Waals surface area contributed by atoms with Crippen LogP contribution in [0.2, 0.25) is 0 Å². The lowest BCUT2D eigenvalue weighted by Gasteiger charge is -2.35. The minimum Gasteiger partial charge on any atom is -0.388 e. The molecule has 27 heavy (non-hydrogen) atoms. The average molecular weight is 381 g/mol. The number of aromatic nitrogens is 2. The van der Waals surface area contributed by atoms with Crippen LogP contribution in [0.5, 0.6) is 0 Å². The van der Waals surface area contributed by atoms with Gasteiger partial charge >= 0.3 is 0 Å². The van der Waals surface area contributed by atoms with Crippen molar-refractivity contribution >= 4 is 10.0 Å². The summed E-state index contributed by atoms with van der Waals surface area (Å²) >= 11 is 0. The molecule has 3 N–H and O–H groups in total. The molecule has 1 aromatic heterocycles. The van der Waals surface area contributed by atoms with Gasteiger partial charge in [0.05, 0.1) is 35.3 Å². The van der Waals surface area contributed by atoms with Crippen LogP contribution in [0.4, 0.5) is 0 Å². The van der Waals surface area contributed by atoms with Crippen molar-refractivity contribution < 1.29 is 13.5 Å². The SMILES string of the molecule is NS(=O)(=O)c1ccc2c(c1)[C@H](O)[C@@H]([C@@H]1c3ccccc3-c3cncn31)CC2. The molecule has 1 aliphatic carbocycles. The van der Waals surface area contributed by atoms with Gasteiger partial charge in [-0.15, -0.1) is 0 Å². The van der Waals surface area contributed by atoms with Crippen LogP contribution in [0.25, 0.3) is 11.3 Å². The van der Waals surface area contributed by atoms with E-state index in [1.807, 2.05) is 24.7 Å². The highest BCUT2D eigenvalue weighted by atomic mass is 32.2. The molecule has 6 nitrogen and oxygen atoms in total. The summed E-state index contributed by atoms with van der Waals surface area (Å²) < 4.78 is 25.6. The summed E-state index contributed by atoms with van der Waals surface area (Å²) in [5.41, 5.74) is 4.99. The van der Waals surface area contributed by atoms with Gasteiger partial charge in [0.15, 0.2) is 0 Å². The van der Waals surface area contributed by atoms with Crippen molar-refractivity contribution in [1.82, 2.24) is 9.55 Å². The molecule has 0 saturated heterocycles. The van der Waals surface area contributed by atoms with E-state index >= 15 is 0 Å². The van der Waals surface area contributed by atoms with Crippen LogP contribution in [-0.2, 0) is 16.4 Å². The summed E-state index contributed by atoms with van der Waals surface area (Å²) in [5, 5.41) is 16.5. The molecule has 0 spiro atoms. The van der Waals surface area contributed by atoms with Gasteiger partial charge in [0.25, 0.3) is 0 Å². The van der Waals surface area contributed by atoms with E-state index in [9.17, 15) is 13.5 Å². The van der Waals surface area contributed by atoms with Crippen molar-refractivity contribution in [2.75, 3.05) is 0 Å². The highest BCUT2D eigenvalue weighted by molar-refractivity contribution is 7.89. The Morgan fingerprint density at radius 2 is 1.96 bits per heavy atom. The molecule has 7 heteroatoms. The van der Waals surface area contributed by atoms with Crippen LogP contribution in [-0.4, -0.2) is 23.1 Å². The second-order valence-corrected chi connectivity index (χ2v) is 8.83. The van der Waals surface area contributed by atoms with Crippen LogP contribution < -0.4 is 5.14 Å². The Labute approximate surface area is 157 Å². The van der Waals surface area contributed by atoms with E-state index in [1.54, 1.807) is 6.07 Å². The van der Waals surface area contributed by atoms with Gasteiger partial charge in [-0.1, -0.05) is 30.3 Å². The number of nitrogens with two attached hydrogens (primary N) is 1. The summed E-state index contributed by atoms with van der Waals surface area (Å²) in [7, 11) is -3.81. The van der Waals surface area contributed by atoms with Crippen molar-refractivity contribution in [3.05, 3.63) is 71.7 Å². The normalized spacial score (nSPS) is 23.6. The van der Waals surface area contributed by atoms with Crippen LogP contribution in [0.3, 0.4) is 0 Å². The summed E-state index contributed by atoms with van der Waals surface area (Å²) in [6.45, 7) is 0. The predicted octanol–water partition coefficient (Wildman–Crippen LogP) is 2.40. The lowest BCUT2D eigenvalue weighted by atomic mass is 9.76. The first kappa shape index (κ1) is 16.7. The van der Waals surface area contributed by atoms with E-state index in [-0.39, 0.29) is 16.9 Å². The fourth-order valence-electron chi connectivity index (χ4n) is 4.60. The monoisotopic (exact) mass is 381 g/mol. The number of aryl methyl sites for hydroxylation is 1. The minimum atomic E-state index is -3.81. The Bertz CT molecular complexity index is 1150. The number of hydrogen-bond acceptors (Lipinski definition) is 4. The summed E-state index contributed by atoms with van der Waals surface area (Å²) in [6, 6.07) is 13.0. The first-order chi connectivity index (χ1) is 12.9. The minimum absolute atomic E-state index is 0.0278. The first-order valence-corrected chi connectivity index (χ1v) is 10.4. The standard InChI is InChI=1S/C20H19N3O3S/c21-27(25,26)13-7-5-12-6-8-16(20(24)17(12)9-13)19-15-4-2-1-3-14(15)18-10-22-11-23(18)19/h1-5,7,9-11,16,19-20,24H,6,8H2,(H2,21,25,26)/t16-,19+,20-/m1/s1. The molecule has 3 atom stereocenters. The van der Waals surface area contributed by atoms with Gasteiger partial charge in [0, 0.05) is 11.5 Å². The van der Waals surface area contributed by atoms with Crippen LogP contribution in [0, 0.1) is 5.92 Å². The molecule has 3 aromatic rings. The molecule has 2 heterocycles. The molecule has 138 valence electrons. The zero-order chi connectivity index (χ0) is 18.8. The van der Waals surface area contributed by atoms with Crippen LogP contribution >= 0.6 is 0 Å². The van der Waals surface area contributed by atoms with Crippen molar-refractivity contribution in [1.29, 1.82) is 0 Å². The lowest BCUT2D eigenvalue weighted by Crippen LogP contribution is -2.29. The number of benzene rings is 2. The van der Waals surface area contributed by atoms with E-state index < -0.39 is 16.1 Å². The van der Waals surface area contributed by atoms with Gasteiger partial charge in [-0.3, -0.25) is 0 Å². The summed E-state index contributed by atoms with van der Waals surface area (Å²) in [6.07, 6.45) is 4.47. The topological polar surface area (TPSA) is 98.2 Å². The molecule has 0 radical (unpaired) electrons. The highest BCUT2D eigenvalue weighted by Crippen LogP contribution is 2.49. The molecule has 5 rings (SSSR count). The molecule has 2 aliphatic rings. The lowest BCUT2D eigenvalue weighted by molar-refractivity contribution is 0.0718. The highest BCUT2D eigenvalue weighted by Gasteiger charge is 2.40. The fourth-order valence-corrected chi connectivity index (χ4v) is 5.15. The number of aliphatic hydroxyl groups is 1. The van der Waals surface area contributed by atoms with Crippen LogP contribution in [0.15, 0.2) is 59.9 Å². The Kier molecular flexibility index (Phi) is 3.56. The maximum Gasteiger partial charge on any atom is 0.238 e. The zero-order valence-electron chi connectivity index (χ0n) is 14.5. The molecule has 1 aliphatic heterocycles. The molecular weight excluding hydrogens is 362 g/mol. The third-order valence-electron chi connectivity index (χ3n) is 5.84. The maximum atomic E-state index is 11.7. The third-order valence-corrected chi connectivity index (χ3v) is 6.75. The molecule has 0 bridgehead atoms. The van der Waals surface area contributed by atoms with E-state index in [4.69, 9.17) is 5.14 Å². The van der Waals surface area contributed by atoms with Crippen molar-refractivity contribution in [3.63, 3.8) is 0 Å². The molecule has 0 fully saturated rings. The van der Waals surface area contributed by atoms with Gasteiger partial charge < -0.3 is 9.67 Å². The number of rotatable bonds is 2. The number of sulfonamides is 1. The maximum absolute atomic E-state index is 11.7. The molecular formula is C20H19N3O3S. The van der Waals surface area contributed by atoms with E-state index in [0.717, 1.165) is 29.7 Å². The van der Waals surface area contributed by atoms with Gasteiger partial charge in [-0.25, -0.2) is 18.5 Å². The quantitative estimate of drug-likeness (QED) is 0.712. The van der Waals surface area contributed by atoms with Crippen molar-refractivity contribution in [2.45, 2.75) is 29.9 Å². The van der Waals surface area contributed by atoms with E-state index in [1.165, 1.54) is 17.7 Å². The Morgan fingerprint density at radius 1 is 1.15 bits per heavy atom. The average Bonchev–Trinajstić information content (AvgIpc) is 3.23. The van der Waals surface area contributed by atoms with Crippen LogP contribution in [0.1, 0.15) is 35.3 Å². The number of primary sulfonamides is 1. The number of imidazole rings is 1. The molecule has 2 aromatic carbocycles. The first-order valence-electron chi connectivity index (χ1n) is 8.90. The second-order valence-electron chi connectivity index (χ2n) is 7.27. The number of fused-ring (bicyclic) bond motifs is 4. The van der Waals surface area contributed by atoms with Gasteiger partial charge in [0.2, 0.25) is 10.0 Å². The van der Waals surface area contributed by atoms with Crippen molar-refractivity contribution in [2.24, 2.45) is 11.1 Å². The smallest absolute Gasteiger partial charge is 0.238 e. The predicted molar refractivity (Wildman–Crippen MR) is 100 cm³/mol. The largest absolute Gasteiger partial charge is 0.388 e. The van der Waals surface area contributed by atoms with E-state index in [0.29, 0.717) is 5.56 Å². The molecule has 0 saturated carbocycles. The Balaban J connectivity index is 1.61.